The number of benzene rings is 1. The van der Waals surface area contributed by atoms with Crippen LogP contribution in [0.2, 0.25) is 0 Å². The van der Waals surface area contributed by atoms with Gasteiger partial charge in [0.25, 0.3) is 0 Å². The van der Waals surface area contributed by atoms with E-state index in [0.717, 1.165) is 5.56 Å². The van der Waals surface area contributed by atoms with Gasteiger partial charge in [-0.1, -0.05) is 12.1 Å². The molecule has 1 aromatic carbocycles. The standard InChI is InChI=1S/C14H19NO5/c1-20-12-4-2-11(3-5-12)10-13(17)15(8-9-16)7-6-14(18)19/h2-5,16H,6-10H2,1H3,(H,18,19). The highest BCUT2D eigenvalue weighted by Gasteiger charge is 2.14. The van der Waals surface area contributed by atoms with Crippen molar-refractivity contribution in [2.24, 2.45) is 0 Å². The molecule has 6 heteroatoms. The molecule has 110 valence electrons. The number of aliphatic hydroxyl groups is 1. The van der Waals surface area contributed by atoms with Gasteiger partial charge in [0.05, 0.1) is 26.6 Å². The highest BCUT2D eigenvalue weighted by Crippen LogP contribution is 2.12. The average Bonchev–Trinajstić information content (AvgIpc) is 2.44. The van der Waals surface area contributed by atoms with E-state index in [1.165, 1.54) is 4.90 Å². The molecule has 1 amide bonds. The number of hydrogen-bond acceptors (Lipinski definition) is 4. The minimum Gasteiger partial charge on any atom is -0.497 e. The van der Waals surface area contributed by atoms with Crippen LogP contribution in [-0.2, 0) is 16.0 Å². The van der Waals surface area contributed by atoms with Crippen molar-refractivity contribution in [2.75, 3.05) is 26.8 Å². The zero-order valence-corrected chi connectivity index (χ0v) is 11.4. The van der Waals surface area contributed by atoms with Gasteiger partial charge < -0.3 is 19.8 Å². The van der Waals surface area contributed by atoms with E-state index in [9.17, 15) is 9.59 Å². The number of aliphatic carboxylic acids is 1. The first-order valence-corrected chi connectivity index (χ1v) is 6.30. The molecule has 0 aromatic heterocycles. The minimum absolute atomic E-state index is 0.102. The van der Waals surface area contributed by atoms with E-state index in [1.807, 2.05) is 0 Å². The molecule has 6 nitrogen and oxygen atoms in total. The predicted molar refractivity (Wildman–Crippen MR) is 72.6 cm³/mol. The number of ether oxygens (including phenoxy) is 1. The lowest BCUT2D eigenvalue weighted by Crippen LogP contribution is -2.36. The van der Waals surface area contributed by atoms with Crippen LogP contribution in [0.25, 0.3) is 0 Å². The summed E-state index contributed by atoms with van der Waals surface area (Å²) < 4.78 is 5.03. The summed E-state index contributed by atoms with van der Waals surface area (Å²) in [7, 11) is 1.56. The van der Waals surface area contributed by atoms with Crippen molar-refractivity contribution in [3.63, 3.8) is 0 Å². The van der Waals surface area contributed by atoms with Gasteiger partial charge in [-0.05, 0) is 17.7 Å². The third-order valence-electron chi connectivity index (χ3n) is 2.83. The summed E-state index contributed by atoms with van der Waals surface area (Å²) in [5.74, 6) is -0.463. The van der Waals surface area contributed by atoms with Crippen molar-refractivity contribution in [2.45, 2.75) is 12.8 Å². The number of nitrogens with zero attached hydrogens (tertiary/aromatic N) is 1. The summed E-state index contributed by atoms with van der Waals surface area (Å²) in [6.07, 6.45) is 0.0396. The summed E-state index contributed by atoms with van der Waals surface area (Å²) in [4.78, 5) is 24.0. The van der Waals surface area contributed by atoms with Crippen molar-refractivity contribution >= 4 is 11.9 Å². The van der Waals surface area contributed by atoms with Gasteiger partial charge in [-0.15, -0.1) is 0 Å². The molecule has 0 spiro atoms. The van der Waals surface area contributed by atoms with Gasteiger partial charge in [0.15, 0.2) is 0 Å². The van der Waals surface area contributed by atoms with Gasteiger partial charge >= 0.3 is 5.97 Å². The molecule has 0 saturated carbocycles. The van der Waals surface area contributed by atoms with Crippen LogP contribution >= 0.6 is 0 Å². The third kappa shape index (κ3) is 5.27. The zero-order valence-electron chi connectivity index (χ0n) is 11.4. The van der Waals surface area contributed by atoms with E-state index in [-0.39, 0.29) is 38.4 Å². The van der Waals surface area contributed by atoms with Gasteiger partial charge in [0.2, 0.25) is 5.91 Å². The first-order chi connectivity index (χ1) is 9.56. The normalized spacial score (nSPS) is 10.1. The number of aliphatic hydroxyl groups excluding tert-OH is 1. The minimum atomic E-state index is -0.967. The maximum absolute atomic E-state index is 12.1. The lowest BCUT2D eigenvalue weighted by atomic mass is 10.1. The number of carboxylic acid groups (broad SMARTS) is 1. The molecule has 20 heavy (non-hydrogen) atoms. The van der Waals surface area contributed by atoms with Gasteiger partial charge in [-0.2, -0.15) is 0 Å². The highest BCUT2D eigenvalue weighted by molar-refractivity contribution is 5.79. The van der Waals surface area contributed by atoms with Crippen LogP contribution in [-0.4, -0.2) is 53.8 Å². The number of hydrogen-bond donors (Lipinski definition) is 2. The van der Waals surface area contributed by atoms with Crippen LogP contribution in [0, 0.1) is 0 Å². The SMILES string of the molecule is COc1ccc(CC(=O)N(CCO)CCC(=O)O)cc1. The fraction of sp³-hybridized carbons (Fsp3) is 0.429. The van der Waals surface area contributed by atoms with Crippen LogP contribution in [0.4, 0.5) is 0 Å². The Bertz CT molecular complexity index is 443. The van der Waals surface area contributed by atoms with Crippen molar-refractivity contribution in [1.29, 1.82) is 0 Å². The molecule has 0 heterocycles. The van der Waals surface area contributed by atoms with E-state index >= 15 is 0 Å². The lowest BCUT2D eigenvalue weighted by Gasteiger charge is -2.21. The van der Waals surface area contributed by atoms with E-state index in [4.69, 9.17) is 14.9 Å². The monoisotopic (exact) mass is 281 g/mol. The first kappa shape index (κ1) is 16.0. The number of carbonyl (C=O) groups excluding carboxylic acids is 1. The number of amides is 1. The molecule has 1 aromatic rings. The van der Waals surface area contributed by atoms with Crippen LogP contribution in [0.5, 0.6) is 5.75 Å². The molecular weight excluding hydrogens is 262 g/mol. The molecule has 0 saturated heterocycles. The molecule has 0 unspecified atom stereocenters. The first-order valence-electron chi connectivity index (χ1n) is 6.30. The smallest absolute Gasteiger partial charge is 0.305 e. The van der Waals surface area contributed by atoms with Crippen molar-refractivity contribution in [1.82, 2.24) is 4.90 Å². The van der Waals surface area contributed by atoms with Crippen LogP contribution in [0.15, 0.2) is 24.3 Å². The highest BCUT2D eigenvalue weighted by atomic mass is 16.5. The summed E-state index contributed by atoms with van der Waals surface area (Å²) in [5, 5.41) is 17.6. The Morgan fingerprint density at radius 3 is 2.35 bits per heavy atom. The molecule has 0 aliphatic rings. The largest absolute Gasteiger partial charge is 0.497 e. The van der Waals surface area contributed by atoms with Gasteiger partial charge in [0.1, 0.15) is 5.75 Å². The maximum atomic E-state index is 12.1. The summed E-state index contributed by atoms with van der Waals surface area (Å²) in [6.45, 7) is 0.0567. The van der Waals surface area contributed by atoms with E-state index in [1.54, 1.807) is 31.4 Å². The summed E-state index contributed by atoms with van der Waals surface area (Å²) >= 11 is 0. The van der Waals surface area contributed by atoms with Crippen molar-refractivity contribution < 1.29 is 24.5 Å². The molecule has 0 atom stereocenters. The number of carbonyl (C=O) groups is 2. The van der Waals surface area contributed by atoms with Gasteiger partial charge in [-0.3, -0.25) is 9.59 Å². The Labute approximate surface area is 117 Å². The van der Waals surface area contributed by atoms with Crippen molar-refractivity contribution in [3.8, 4) is 5.75 Å². The van der Waals surface area contributed by atoms with Gasteiger partial charge in [0, 0.05) is 13.1 Å². The molecule has 0 aliphatic heterocycles. The maximum Gasteiger partial charge on any atom is 0.305 e. The quantitative estimate of drug-likeness (QED) is 0.726. The zero-order chi connectivity index (χ0) is 15.0. The second-order valence-corrected chi connectivity index (χ2v) is 4.27. The van der Waals surface area contributed by atoms with Crippen molar-refractivity contribution in [3.05, 3.63) is 29.8 Å². The molecular formula is C14H19NO5. The summed E-state index contributed by atoms with van der Waals surface area (Å²) in [5.41, 5.74) is 0.814. The number of methoxy groups -OCH3 is 1. The topological polar surface area (TPSA) is 87.1 Å². The van der Waals surface area contributed by atoms with E-state index < -0.39 is 5.97 Å². The number of rotatable bonds is 8. The van der Waals surface area contributed by atoms with E-state index in [0.29, 0.717) is 5.75 Å². The lowest BCUT2D eigenvalue weighted by molar-refractivity contribution is -0.138. The fourth-order valence-electron chi connectivity index (χ4n) is 1.74. The fourth-order valence-corrected chi connectivity index (χ4v) is 1.74. The van der Waals surface area contributed by atoms with Crippen LogP contribution in [0.3, 0.4) is 0 Å². The predicted octanol–water partition coefficient (Wildman–Crippen LogP) is 0.533. The molecule has 2 N–H and O–H groups in total. The Kier molecular flexibility index (Phi) is 6.52. The summed E-state index contributed by atoms with van der Waals surface area (Å²) in [6, 6.07) is 7.09. The molecule has 0 fully saturated rings. The Morgan fingerprint density at radius 1 is 1.20 bits per heavy atom. The molecule has 1 rings (SSSR count). The van der Waals surface area contributed by atoms with Gasteiger partial charge in [-0.25, -0.2) is 0 Å². The van der Waals surface area contributed by atoms with Crippen LogP contribution in [0.1, 0.15) is 12.0 Å². The molecule has 0 aliphatic carbocycles. The Morgan fingerprint density at radius 2 is 1.85 bits per heavy atom. The van der Waals surface area contributed by atoms with Crippen LogP contribution < -0.4 is 4.74 Å². The third-order valence-corrected chi connectivity index (χ3v) is 2.83. The molecule has 0 radical (unpaired) electrons. The number of carboxylic acids is 1. The van der Waals surface area contributed by atoms with E-state index in [2.05, 4.69) is 0 Å². The Hall–Kier alpha value is -2.08. The second-order valence-electron chi connectivity index (χ2n) is 4.27. The Balaban J connectivity index is 2.61. The average molecular weight is 281 g/mol. The second kappa shape index (κ2) is 8.16. The molecule has 0 bridgehead atoms.